The predicted molar refractivity (Wildman–Crippen MR) is 65.5 cm³/mol. The van der Waals surface area contributed by atoms with Crippen LogP contribution in [0, 0.1) is 0 Å². The minimum atomic E-state index is 0.601. The van der Waals surface area contributed by atoms with Gasteiger partial charge in [-0.15, -0.1) is 0 Å². The summed E-state index contributed by atoms with van der Waals surface area (Å²) in [5.74, 6) is 0. The van der Waals surface area contributed by atoms with Gasteiger partial charge in [0.2, 0.25) is 0 Å². The highest BCUT2D eigenvalue weighted by atomic mass is 15.2. The summed E-state index contributed by atoms with van der Waals surface area (Å²) in [4.78, 5) is 2.50. The molecule has 1 aliphatic rings. The number of hydrogen-bond acceptors (Lipinski definition) is 2. The number of para-hydroxylation sites is 1. The first-order valence-corrected chi connectivity index (χ1v) is 5.87. The van der Waals surface area contributed by atoms with E-state index in [9.17, 15) is 0 Å². The van der Waals surface area contributed by atoms with Gasteiger partial charge in [0.15, 0.2) is 0 Å². The molecule has 1 atom stereocenters. The standard InChI is InChI=1S/C13H20N2/c1-3-12-6-4-5-7-13(12)15-9-8-14-11(2)10-15/h4-7,11,14H,3,8-10H2,1-2H3. The van der Waals surface area contributed by atoms with Gasteiger partial charge in [0.05, 0.1) is 0 Å². The summed E-state index contributed by atoms with van der Waals surface area (Å²) >= 11 is 0. The van der Waals surface area contributed by atoms with Crippen LogP contribution < -0.4 is 10.2 Å². The van der Waals surface area contributed by atoms with Crippen molar-refractivity contribution in [3.63, 3.8) is 0 Å². The van der Waals surface area contributed by atoms with E-state index >= 15 is 0 Å². The number of rotatable bonds is 2. The molecule has 0 spiro atoms. The van der Waals surface area contributed by atoms with E-state index in [1.165, 1.54) is 11.3 Å². The van der Waals surface area contributed by atoms with Crippen molar-refractivity contribution in [3.8, 4) is 0 Å². The summed E-state index contributed by atoms with van der Waals surface area (Å²) in [6, 6.07) is 9.36. The van der Waals surface area contributed by atoms with Crippen molar-refractivity contribution < 1.29 is 0 Å². The number of aryl methyl sites for hydroxylation is 1. The van der Waals surface area contributed by atoms with Crippen molar-refractivity contribution >= 4 is 5.69 Å². The molecule has 2 nitrogen and oxygen atoms in total. The lowest BCUT2D eigenvalue weighted by molar-refractivity contribution is 0.484. The molecule has 1 unspecified atom stereocenters. The van der Waals surface area contributed by atoms with Crippen molar-refractivity contribution in [1.82, 2.24) is 5.32 Å². The number of hydrogen-bond donors (Lipinski definition) is 1. The molecule has 0 bridgehead atoms. The van der Waals surface area contributed by atoms with Gasteiger partial charge < -0.3 is 10.2 Å². The quantitative estimate of drug-likeness (QED) is 0.793. The Hall–Kier alpha value is -1.02. The average molecular weight is 204 g/mol. The third kappa shape index (κ3) is 2.32. The first-order valence-electron chi connectivity index (χ1n) is 5.87. The van der Waals surface area contributed by atoms with Gasteiger partial charge in [0.25, 0.3) is 0 Å². The fourth-order valence-electron chi connectivity index (χ4n) is 2.27. The molecular formula is C13H20N2. The molecule has 1 heterocycles. The molecule has 1 aliphatic heterocycles. The summed E-state index contributed by atoms with van der Waals surface area (Å²) < 4.78 is 0. The van der Waals surface area contributed by atoms with Gasteiger partial charge in [-0.25, -0.2) is 0 Å². The minimum Gasteiger partial charge on any atom is -0.368 e. The van der Waals surface area contributed by atoms with Crippen LogP contribution in [0.4, 0.5) is 5.69 Å². The molecule has 82 valence electrons. The summed E-state index contributed by atoms with van der Waals surface area (Å²) in [5.41, 5.74) is 2.89. The maximum absolute atomic E-state index is 3.48. The molecule has 1 N–H and O–H groups in total. The van der Waals surface area contributed by atoms with Gasteiger partial charge in [-0.2, -0.15) is 0 Å². The third-order valence-electron chi connectivity index (χ3n) is 3.08. The Bertz CT molecular complexity index is 322. The summed E-state index contributed by atoms with van der Waals surface area (Å²) in [6.07, 6.45) is 1.12. The lowest BCUT2D eigenvalue weighted by Gasteiger charge is -2.34. The van der Waals surface area contributed by atoms with Crippen LogP contribution >= 0.6 is 0 Å². The molecule has 0 radical (unpaired) electrons. The minimum absolute atomic E-state index is 0.601. The molecule has 1 aromatic rings. The van der Waals surface area contributed by atoms with Crippen LogP contribution in [0.5, 0.6) is 0 Å². The second kappa shape index (κ2) is 4.67. The second-order valence-electron chi connectivity index (χ2n) is 4.28. The summed E-state index contributed by atoms with van der Waals surface area (Å²) in [5, 5.41) is 3.48. The molecule has 2 heteroatoms. The highest BCUT2D eigenvalue weighted by Gasteiger charge is 2.17. The normalized spacial score (nSPS) is 21.7. The van der Waals surface area contributed by atoms with Crippen LogP contribution in [0.1, 0.15) is 19.4 Å². The smallest absolute Gasteiger partial charge is 0.0399 e. The fourth-order valence-corrected chi connectivity index (χ4v) is 2.27. The maximum Gasteiger partial charge on any atom is 0.0399 e. The molecule has 0 aliphatic carbocycles. The molecule has 0 amide bonds. The fraction of sp³-hybridized carbons (Fsp3) is 0.538. The Morgan fingerprint density at radius 3 is 2.93 bits per heavy atom. The number of benzene rings is 1. The molecular weight excluding hydrogens is 184 g/mol. The molecule has 15 heavy (non-hydrogen) atoms. The zero-order valence-corrected chi connectivity index (χ0v) is 9.66. The SMILES string of the molecule is CCc1ccccc1N1CCNC(C)C1. The highest BCUT2D eigenvalue weighted by molar-refractivity contribution is 5.54. The van der Waals surface area contributed by atoms with Gasteiger partial charge in [-0.3, -0.25) is 0 Å². The Labute approximate surface area is 92.3 Å². The summed E-state index contributed by atoms with van der Waals surface area (Å²) in [7, 11) is 0. The first kappa shape index (κ1) is 10.5. The van der Waals surface area contributed by atoms with E-state index in [-0.39, 0.29) is 0 Å². The summed E-state index contributed by atoms with van der Waals surface area (Å²) in [6.45, 7) is 7.82. The maximum atomic E-state index is 3.48. The monoisotopic (exact) mass is 204 g/mol. The number of anilines is 1. The number of nitrogens with one attached hydrogen (secondary N) is 1. The first-order chi connectivity index (χ1) is 7.31. The zero-order chi connectivity index (χ0) is 10.7. The van der Waals surface area contributed by atoms with Crippen LogP contribution in [0.3, 0.4) is 0 Å². The third-order valence-corrected chi connectivity index (χ3v) is 3.08. The van der Waals surface area contributed by atoms with Crippen molar-refractivity contribution in [2.24, 2.45) is 0 Å². The lowest BCUT2D eigenvalue weighted by Crippen LogP contribution is -2.49. The van der Waals surface area contributed by atoms with E-state index in [0.29, 0.717) is 6.04 Å². The van der Waals surface area contributed by atoms with E-state index in [2.05, 4.69) is 48.3 Å². The van der Waals surface area contributed by atoms with E-state index < -0.39 is 0 Å². The van der Waals surface area contributed by atoms with Gasteiger partial charge in [-0.1, -0.05) is 25.1 Å². The number of nitrogens with zero attached hydrogens (tertiary/aromatic N) is 1. The van der Waals surface area contributed by atoms with Crippen molar-refractivity contribution in [2.45, 2.75) is 26.3 Å². The Morgan fingerprint density at radius 2 is 2.20 bits per heavy atom. The molecule has 0 aromatic heterocycles. The van der Waals surface area contributed by atoms with E-state index in [1.807, 2.05) is 0 Å². The van der Waals surface area contributed by atoms with E-state index in [1.54, 1.807) is 0 Å². The Kier molecular flexibility index (Phi) is 3.27. The molecule has 0 saturated carbocycles. The zero-order valence-electron chi connectivity index (χ0n) is 9.66. The highest BCUT2D eigenvalue weighted by Crippen LogP contribution is 2.21. The predicted octanol–water partition coefficient (Wildman–Crippen LogP) is 2.05. The van der Waals surface area contributed by atoms with Crippen molar-refractivity contribution in [3.05, 3.63) is 29.8 Å². The van der Waals surface area contributed by atoms with E-state index in [0.717, 1.165) is 26.1 Å². The molecule has 2 rings (SSSR count). The average Bonchev–Trinajstić information content (AvgIpc) is 2.29. The number of piperazine rings is 1. The lowest BCUT2D eigenvalue weighted by atomic mass is 10.1. The van der Waals surface area contributed by atoms with Gasteiger partial charge in [-0.05, 0) is 25.0 Å². The van der Waals surface area contributed by atoms with Gasteiger partial charge in [0.1, 0.15) is 0 Å². The van der Waals surface area contributed by atoms with Crippen molar-refractivity contribution in [1.29, 1.82) is 0 Å². The van der Waals surface area contributed by atoms with Gasteiger partial charge in [0, 0.05) is 31.4 Å². The second-order valence-corrected chi connectivity index (χ2v) is 4.28. The van der Waals surface area contributed by atoms with E-state index in [4.69, 9.17) is 0 Å². The van der Waals surface area contributed by atoms with Crippen LogP contribution in [0.15, 0.2) is 24.3 Å². The van der Waals surface area contributed by atoms with Crippen LogP contribution in [-0.2, 0) is 6.42 Å². The van der Waals surface area contributed by atoms with Crippen molar-refractivity contribution in [2.75, 3.05) is 24.5 Å². The van der Waals surface area contributed by atoms with Crippen LogP contribution in [-0.4, -0.2) is 25.7 Å². The topological polar surface area (TPSA) is 15.3 Å². The van der Waals surface area contributed by atoms with Crippen LogP contribution in [0.25, 0.3) is 0 Å². The Balaban J connectivity index is 2.20. The molecule has 1 aromatic carbocycles. The Morgan fingerprint density at radius 1 is 1.40 bits per heavy atom. The molecule has 1 saturated heterocycles. The molecule has 1 fully saturated rings. The van der Waals surface area contributed by atoms with Crippen LogP contribution in [0.2, 0.25) is 0 Å². The van der Waals surface area contributed by atoms with Gasteiger partial charge >= 0.3 is 0 Å². The largest absolute Gasteiger partial charge is 0.368 e.